The van der Waals surface area contributed by atoms with Gasteiger partial charge in [-0.15, -0.1) is 0 Å². The maximum atomic E-state index is 12.4. The number of ether oxygens (including phenoxy) is 2. The molecule has 2 heterocycles. The van der Waals surface area contributed by atoms with Crippen molar-refractivity contribution in [2.45, 2.75) is 33.1 Å². The van der Waals surface area contributed by atoms with Crippen molar-refractivity contribution in [2.75, 3.05) is 53.0 Å². The van der Waals surface area contributed by atoms with Crippen LogP contribution < -0.4 is 5.32 Å². The van der Waals surface area contributed by atoms with Crippen LogP contribution in [0.4, 0.5) is 0 Å². The van der Waals surface area contributed by atoms with Crippen molar-refractivity contribution in [3.05, 3.63) is 0 Å². The molecule has 0 aromatic heterocycles. The van der Waals surface area contributed by atoms with Gasteiger partial charge in [-0.2, -0.15) is 0 Å². The first kappa shape index (κ1) is 16.7. The van der Waals surface area contributed by atoms with E-state index in [2.05, 4.69) is 17.1 Å². The molecule has 0 radical (unpaired) electrons. The van der Waals surface area contributed by atoms with Gasteiger partial charge in [0.15, 0.2) is 0 Å². The molecule has 5 heteroatoms. The number of hydrogen-bond acceptors (Lipinski definition) is 5. The summed E-state index contributed by atoms with van der Waals surface area (Å²) in [6.07, 6.45) is 3.11. The molecular weight excluding hydrogens is 268 g/mol. The third kappa shape index (κ3) is 3.96. The second kappa shape index (κ2) is 7.07. The van der Waals surface area contributed by atoms with E-state index in [1.807, 2.05) is 6.92 Å². The number of methoxy groups -OCH3 is 1. The quantitative estimate of drug-likeness (QED) is 0.749. The van der Waals surface area contributed by atoms with Crippen LogP contribution >= 0.6 is 0 Å². The van der Waals surface area contributed by atoms with Gasteiger partial charge in [0, 0.05) is 26.7 Å². The number of rotatable bonds is 6. The Hall–Kier alpha value is -0.650. The monoisotopic (exact) mass is 298 g/mol. The van der Waals surface area contributed by atoms with Crippen LogP contribution in [0.3, 0.4) is 0 Å². The minimum Gasteiger partial charge on any atom is -0.465 e. The van der Waals surface area contributed by atoms with Gasteiger partial charge >= 0.3 is 5.97 Å². The van der Waals surface area contributed by atoms with E-state index in [1.165, 1.54) is 6.42 Å². The topological polar surface area (TPSA) is 50.8 Å². The maximum absolute atomic E-state index is 12.4. The lowest BCUT2D eigenvalue weighted by atomic mass is 9.79. The minimum atomic E-state index is -0.481. The molecule has 0 bridgehead atoms. The van der Waals surface area contributed by atoms with E-state index < -0.39 is 5.41 Å². The smallest absolute Gasteiger partial charge is 0.315 e. The molecule has 0 aromatic rings. The zero-order valence-corrected chi connectivity index (χ0v) is 13.7. The van der Waals surface area contributed by atoms with Crippen LogP contribution in [0.15, 0.2) is 0 Å². The van der Waals surface area contributed by atoms with E-state index in [0.717, 1.165) is 45.6 Å². The van der Waals surface area contributed by atoms with Gasteiger partial charge in [-0.1, -0.05) is 6.92 Å². The molecule has 2 unspecified atom stereocenters. The second-order valence-corrected chi connectivity index (χ2v) is 6.99. The highest BCUT2D eigenvalue weighted by atomic mass is 16.5. The normalized spacial score (nSPS) is 34.0. The highest BCUT2D eigenvalue weighted by Gasteiger charge is 2.45. The Morgan fingerprint density at radius 1 is 1.38 bits per heavy atom. The van der Waals surface area contributed by atoms with Gasteiger partial charge in [0.1, 0.15) is 5.41 Å². The zero-order valence-electron chi connectivity index (χ0n) is 13.7. The molecule has 2 rings (SSSR count). The van der Waals surface area contributed by atoms with Crippen LogP contribution in [0, 0.1) is 10.8 Å². The number of nitrogens with one attached hydrogen (secondary N) is 1. The largest absolute Gasteiger partial charge is 0.465 e. The van der Waals surface area contributed by atoms with Crippen LogP contribution in [0.25, 0.3) is 0 Å². The lowest BCUT2D eigenvalue weighted by Gasteiger charge is -2.43. The summed E-state index contributed by atoms with van der Waals surface area (Å²) < 4.78 is 10.7. The fraction of sp³-hybridized carbons (Fsp3) is 0.938. The summed E-state index contributed by atoms with van der Waals surface area (Å²) in [7, 11) is 1.67. The SMILES string of the molecule is CCOC(=O)C1(COC)CCCN(CC2(C)CCNC2)C1. The van der Waals surface area contributed by atoms with Crippen molar-refractivity contribution in [3.63, 3.8) is 0 Å². The van der Waals surface area contributed by atoms with Gasteiger partial charge in [0.25, 0.3) is 0 Å². The Labute approximate surface area is 128 Å². The molecule has 0 aromatic carbocycles. The highest BCUT2D eigenvalue weighted by molar-refractivity contribution is 5.77. The van der Waals surface area contributed by atoms with E-state index in [0.29, 0.717) is 18.6 Å². The van der Waals surface area contributed by atoms with Crippen molar-refractivity contribution < 1.29 is 14.3 Å². The average molecular weight is 298 g/mol. The van der Waals surface area contributed by atoms with Gasteiger partial charge < -0.3 is 19.7 Å². The molecule has 2 aliphatic heterocycles. The van der Waals surface area contributed by atoms with E-state index in [9.17, 15) is 4.79 Å². The third-order valence-electron chi connectivity index (χ3n) is 4.85. The first-order valence-electron chi connectivity index (χ1n) is 8.13. The molecule has 21 heavy (non-hydrogen) atoms. The average Bonchev–Trinajstić information content (AvgIpc) is 2.86. The van der Waals surface area contributed by atoms with Crippen molar-refractivity contribution in [1.82, 2.24) is 10.2 Å². The Bertz CT molecular complexity index is 351. The molecule has 0 spiro atoms. The number of esters is 1. The first-order chi connectivity index (χ1) is 10.0. The van der Waals surface area contributed by atoms with Crippen molar-refractivity contribution >= 4 is 5.97 Å². The summed E-state index contributed by atoms with van der Waals surface area (Å²) in [6.45, 7) is 10.1. The number of hydrogen-bond donors (Lipinski definition) is 1. The second-order valence-electron chi connectivity index (χ2n) is 6.99. The van der Waals surface area contributed by atoms with E-state index in [1.54, 1.807) is 7.11 Å². The molecule has 5 nitrogen and oxygen atoms in total. The Morgan fingerprint density at radius 3 is 2.81 bits per heavy atom. The summed E-state index contributed by atoms with van der Waals surface area (Å²) in [6, 6.07) is 0. The molecule has 122 valence electrons. The summed E-state index contributed by atoms with van der Waals surface area (Å²) >= 11 is 0. The lowest BCUT2D eigenvalue weighted by molar-refractivity contribution is -0.163. The van der Waals surface area contributed by atoms with Crippen molar-refractivity contribution in [3.8, 4) is 0 Å². The standard InChI is InChI=1S/C16H30N2O3/c1-4-21-14(19)16(13-20-3)6-5-9-18(12-16)11-15(2)7-8-17-10-15/h17H,4-13H2,1-3H3. The fourth-order valence-electron chi connectivity index (χ4n) is 3.81. The number of nitrogens with zero attached hydrogens (tertiary/aromatic N) is 1. The highest BCUT2D eigenvalue weighted by Crippen LogP contribution is 2.35. The zero-order chi connectivity index (χ0) is 15.3. The van der Waals surface area contributed by atoms with Crippen LogP contribution in [0.2, 0.25) is 0 Å². The predicted molar refractivity (Wildman–Crippen MR) is 82.2 cm³/mol. The van der Waals surface area contributed by atoms with Gasteiger partial charge in [0.05, 0.1) is 13.2 Å². The van der Waals surface area contributed by atoms with Crippen LogP contribution in [0.5, 0.6) is 0 Å². The van der Waals surface area contributed by atoms with Gasteiger partial charge in [-0.25, -0.2) is 0 Å². The maximum Gasteiger partial charge on any atom is 0.315 e. The molecule has 2 saturated heterocycles. The molecule has 0 aliphatic carbocycles. The number of carbonyl (C=O) groups is 1. The molecule has 2 aliphatic rings. The third-order valence-corrected chi connectivity index (χ3v) is 4.85. The molecule has 0 saturated carbocycles. The number of likely N-dealkylation sites (tertiary alicyclic amines) is 1. The molecule has 1 N–H and O–H groups in total. The Balaban J connectivity index is 2.03. The van der Waals surface area contributed by atoms with Gasteiger partial charge in [0.2, 0.25) is 0 Å². The number of carbonyl (C=O) groups excluding carboxylic acids is 1. The van der Waals surface area contributed by atoms with Crippen LogP contribution in [-0.4, -0.2) is 63.9 Å². The molecular formula is C16H30N2O3. The molecule has 2 fully saturated rings. The predicted octanol–water partition coefficient (Wildman–Crippen LogP) is 1.28. The fourth-order valence-corrected chi connectivity index (χ4v) is 3.81. The molecule has 2 atom stereocenters. The van der Waals surface area contributed by atoms with Crippen LogP contribution in [-0.2, 0) is 14.3 Å². The van der Waals surface area contributed by atoms with E-state index in [4.69, 9.17) is 9.47 Å². The summed E-state index contributed by atoms with van der Waals surface area (Å²) in [5.74, 6) is -0.0914. The van der Waals surface area contributed by atoms with Crippen LogP contribution in [0.1, 0.15) is 33.1 Å². The van der Waals surface area contributed by atoms with Crippen molar-refractivity contribution in [2.24, 2.45) is 10.8 Å². The summed E-state index contributed by atoms with van der Waals surface area (Å²) in [4.78, 5) is 14.9. The first-order valence-corrected chi connectivity index (χ1v) is 8.13. The minimum absolute atomic E-state index is 0.0914. The lowest BCUT2D eigenvalue weighted by Crippen LogP contribution is -2.53. The Morgan fingerprint density at radius 2 is 2.19 bits per heavy atom. The molecule has 0 amide bonds. The Kier molecular flexibility index (Phi) is 5.63. The van der Waals surface area contributed by atoms with Gasteiger partial charge in [-0.05, 0) is 44.7 Å². The summed E-state index contributed by atoms with van der Waals surface area (Å²) in [5.41, 5.74) is -0.157. The number of piperidine rings is 1. The summed E-state index contributed by atoms with van der Waals surface area (Å²) in [5, 5.41) is 3.45. The van der Waals surface area contributed by atoms with Crippen molar-refractivity contribution in [1.29, 1.82) is 0 Å². The van der Waals surface area contributed by atoms with Gasteiger partial charge in [-0.3, -0.25) is 4.79 Å². The van der Waals surface area contributed by atoms with E-state index >= 15 is 0 Å². The van der Waals surface area contributed by atoms with E-state index in [-0.39, 0.29) is 5.97 Å².